The molecule has 0 heterocycles. The Hall–Kier alpha value is 0.01000. The minimum Gasteiger partial charge on any atom is -0.328 e. The molecule has 0 aromatic heterocycles. The first-order valence-corrected chi connectivity index (χ1v) is 6.23. The number of nitrogens with two attached hydrogens (primary N) is 1. The van der Waals surface area contributed by atoms with Crippen molar-refractivity contribution in [2.45, 2.75) is 24.3 Å². The van der Waals surface area contributed by atoms with Crippen molar-refractivity contribution in [3.8, 4) is 0 Å². The van der Waals surface area contributed by atoms with Gasteiger partial charge in [0.05, 0.1) is 0 Å². The zero-order chi connectivity index (χ0) is 9.84. The molecule has 0 amide bonds. The Morgan fingerprint density at radius 1 is 1.54 bits per heavy atom. The van der Waals surface area contributed by atoms with Gasteiger partial charge in [0.15, 0.2) is 0 Å². The molecule has 1 nitrogen and oxygen atoms in total. The highest BCUT2D eigenvalue weighted by atomic mass is 79.9. The van der Waals surface area contributed by atoms with E-state index in [0.29, 0.717) is 0 Å². The second kappa shape index (κ2) is 5.03. The molecule has 0 aliphatic rings. The molecule has 1 aromatic rings. The Morgan fingerprint density at radius 3 is 2.77 bits per heavy atom. The smallest absolute Gasteiger partial charge is 0.0186 e. The third-order valence-electron chi connectivity index (χ3n) is 1.79. The molecule has 0 bridgehead atoms. The van der Waals surface area contributed by atoms with Crippen LogP contribution in [0.2, 0.25) is 0 Å². The van der Waals surface area contributed by atoms with Crippen LogP contribution in [0.25, 0.3) is 0 Å². The zero-order valence-electron chi connectivity index (χ0n) is 7.88. The fourth-order valence-electron chi connectivity index (χ4n) is 1.23. The number of hydrogen-bond acceptors (Lipinski definition) is 2. The van der Waals surface area contributed by atoms with Crippen molar-refractivity contribution in [1.82, 2.24) is 0 Å². The first-order chi connectivity index (χ1) is 6.13. The van der Waals surface area contributed by atoms with Crippen LogP contribution in [-0.4, -0.2) is 12.3 Å². The van der Waals surface area contributed by atoms with Gasteiger partial charge in [0, 0.05) is 15.4 Å². The monoisotopic (exact) mass is 259 g/mol. The van der Waals surface area contributed by atoms with Gasteiger partial charge in [-0.3, -0.25) is 0 Å². The van der Waals surface area contributed by atoms with Crippen molar-refractivity contribution in [2.24, 2.45) is 5.73 Å². The molecular weight excluding hydrogens is 246 g/mol. The zero-order valence-corrected chi connectivity index (χ0v) is 10.3. The van der Waals surface area contributed by atoms with Crippen LogP contribution in [0.15, 0.2) is 27.6 Å². The number of rotatable bonds is 3. The molecule has 13 heavy (non-hydrogen) atoms. The molecule has 2 N–H and O–H groups in total. The van der Waals surface area contributed by atoms with E-state index in [1.54, 1.807) is 11.8 Å². The highest BCUT2D eigenvalue weighted by molar-refractivity contribution is 9.10. The van der Waals surface area contributed by atoms with Crippen LogP contribution in [0.3, 0.4) is 0 Å². The van der Waals surface area contributed by atoms with Gasteiger partial charge in [-0.2, -0.15) is 0 Å². The Bertz CT molecular complexity index is 286. The van der Waals surface area contributed by atoms with Crippen molar-refractivity contribution in [3.05, 3.63) is 28.2 Å². The molecule has 1 aromatic carbocycles. The van der Waals surface area contributed by atoms with E-state index in [1.165, 1.54) is 10.5 Å². The lowest BCUT2D eigenvalue weighted by atomic mass is 10.1. The van der Waals surface area contributed by atoms with Crippen molar-refractivity contribution in [2.75, 3.05) is 6.26 Å². The minimum absolute atomic E-state index is 0.229. The maximum absolute atomic E-state index is 5.77. The Labute approximate surface area is 92.2 Å². The van der Waals surface area contributed by atoms with E-state index in [1.807, 2.05) is 6.92 Å². The van der Waals surface area contributed by atoms with Crippen LogP contribution in [-0.2, 0) is 6.42 Å². The molecule has 0 fully saturated rings. The quantitative estimate of drug-likeness (QED) is 0.845. The summed E-state index contributed by atoms with van der Waals surface area (Å²) in [7, 11) is 0. The van der Waals surface area contributed by atoms with Gasteiger partial charge >= 0.3 is 0 Å². The average molecular weight is 260 g/mol. The van der Waals surface area contributed by atoms with Crippen molar-refractivity contribution < 1.29 is 0 Å². The van der Waals surface area contributed by atoms with Gasteiger partial charge < -0.3 is 5.73 Å². The standard InChI is InChI=1S/C10H14BrNS/c1-7(12)5-8-3-4-9(11)6-10(8)13-2/h3-4,6-7H,5,12H2,1-2H3. The maximum atomic E-state index is 5.77. The molecule has 0 aliphatic carbocycles. The molecule has 3 heteroatoms. The lowest BCUT2D eigenvalue weighted by Crippen LogP contribution is -2.18. The fourth-order valence-corrected chi connectivity index (χ4v) is 2.40. The second-order valence-electron chi connectivity index (χ2n) is 3.14. The lowest BCUT2D eigenvalue weighted by molar-refractivity contribution is 0.729. The molecule has 1 atom stereocenters. The van der Waals surface area contributed by atoms with Crippen LogP contribution >= 0.6 is 27.7 Å². The van der Waals surface area contributed by atoms with Gasteiger partial charge in [-0.1, -0.05) is 22.0 Å². The first-order valence-electron chi connectivity index (χ1n) is 4.21. The maximum Gasteiger partial charge on any atom is 0.0186 e. The van der Waals surface area contributed by atoms with Crippen LogP contribution in [0.1, 0.15) is 12.5 Å². The Morgan fingerprint density at radius 2 is 2.23 bits per heavy atom. The second-order valence-corrected chi connectivity index (χ2v) is 4.90. The Balaban J connectivity index is 2.92. The SMILES string of the molecule is CSc1cc(Br)ccc1CC(C)N. The number of hydrogen-bond donors (Lipinski definition) is 1. The third kappa shape index (κ3) is 3.33. The summed E-state index contributed by atoms with van der Waals surface area (Å²) in [6.45, 7) is 2.03. The van der Waals surface area contributed by atoms with E-state index in [2.05, 4.69) is 40.4 Å². The minimum atomic E-state index is 0.229. The van der Waals surface area contributed by atoms with E-state index in [4.69, 9.17) is 5.73 Å². The van der Waals surface area contributed by atoms with E-state index in [0.717, 1.165) is 10.9 Å². The first kappa shape index (κ1) is 11.1. The predicted molar refractivity (Wildman–Crippen MR) is 63.3 cm³/mol. The van der Waals surface area contributed by atoms with Gasteiger partial charge in [0.2, 0.25) is 0 Å². The molecular formula is C10H14BrNS. The van der Waals surface area contributed by atoms with Gasteiger partial charge in [0.1, 0.15) is 0 Å². The lowest BCUT2D eigenvalue weighted by Gasteiger charge is -2.09. The number of benzene rings is 1. The van der Waals surface area contributed by atoms with Crippen LogP contribution < -0.4 is 5.73 Å². The molecule has 0 saturated carbocycles. The van der Waals surface area contributed by atoms with E-state index >= 15 is 0 Å². The summed E-state index contributed by atoms with van der Waals surface area (Å²) in [6, 6.07) is 6.58. The highest BCUT2D eigenvalue weighted by Crippen LogP contribution is 2.25. The van der Waals surface area contributed by atoms with Crippen molar-refractivity contribution >= 4 is 27.7 Å². The summed E-state index contributed by atoms with van der Waals surface area (Å²) in [5.74, 6) is 0. The molecule has 72 valence electrons. The van der Waals surface area contributed by atoms with Gasteiger partial charge in [-0.15, -0.1) is 11.8 Å². The molecule has 1 rings (SSSR count). The summed E-state index contributed by atoms with van der Waals surface area (Å²) in [6.07, 6.45) is 3.04. The van der Waals surface area contributed by atoms with E-state index in [9.17, 15) is 0 Å². The summed E-state index contributed by atoms with van der Waals surface area (Å²) in [5, 5.41) is 0. The van der Waals surface area contributed by atoms with Crippen LogP contribution in [0.4, 0.5) is 0 Å². The summed E-state index contributed by atoms with van der Waals surface area (Å²) in [5.41, 5.74) is 7.10. The van der Waals surface area contributed by atoms with Crippen molar-refractivity contribution in [3.63, 3.8) is 0 Å². The molecule has 0 spiro atoms. The van der Waals surface area contributed by atoms with Gasteiger partial charge in [-0.05, 0) is 37.3 Å². The van der Waals surface area contributed by atoms with Gasteiger partial charge in [0.25, 0.3) is 0 Å². The molecule has 0 aliphatic heterocycles. The third-order valence-corrected chi connectivity index (χ3v) is 3.10. The summed E-state index contributed by atoms with van der Waals surface area (Å²) >= 11 is 5.22. The van der Waals surface area contributed by atoms with E-state index in [-0.39, 0.29) is 6.04 Å². The van der Waals surface area contributed by atoms with E-state index < -0.39 is 0 Å². The predicted octanol–water partition coefficient (Wildman–Crippen LogP) is 3.06. The largest absolute Gasteiger partial charge is 0.328 e. The molecule has 1 unspecified atom stereocenters. The average Bonchev–Trinajstić information content (AvgIpc) is 2.07. The van der Waals surface area contributed by atoms with Crippen molar-refractivity contribution in [1.29, 1.82) is 0 Å². The number of halogens is 1. The van der Waals surface area contributed by atoms with Crippen LogP contribution in [0, 0.1) is 0 Å². The van der Waals surface area contributed by atoms with Gasteiger partial charge in [-0.25, -0.2) is 0 Å². The number of thioether (sulfide) groups is 1. The fraction of sp³-hybridized carbons (Fsp3) is 0.400. The molecule has 0 saturated heterocycles. The van der Waals surface area contributed by atoms with Crippen LogP contribution in [0.5, 0.6) is 0 Å². The normalized spacial score (nSPS) is 12.9. The molecule has 0 radical (unpaired) electrons. The Kier molecular flexibility index (Phi) is 4.29. The summed E-state index contributed by atoms with van der Waals surface area (Å²) < 4.78 is 1.13. The topological polar surface area (TPSA) is 26.0 Å². The highest BCUT2D eigenvalue weighted by Gasteiger charge is 2.04. The summed E-state index contributed by atoms with van der Waals surface area (Å²) in [4.78, 5) is 1.31.